The summed E-state index contributed by atoms with van der Waals surface area (Å²) in [7, 11) is 1.93. The first-order valence-electron chi connectivity index (χ1n) is 3.90. The third kappa shape index (κ3) is 0.942. The number of rotatable bonds is 0. The molecule has 1 aromatic rings. The fraction of sp³-hybridized carbons (Fsp3) is 0.222. The second kappa shape index (κ2) is 2.52. The highest BCUT2D eigenvalue weighted by Gasteiger charge is 2.13. The summed E-state index contributed by atoms with van der Waals surface area (Å²) < 4.78 is 0. The lowest BCUT2D eigenvalue weighted by molar-refractivity contribution is 0.988. The molecule has 3 heteroatoms. The molecule has 1 aliphatic rings. The van der Waals surface area contributed by atoms with Gasteiger partial charge in [-0.1, -0.05) is 18.2 Å². The molecule has 3 nitrogen and oxygen atoms in total. The van der Waals surface area contributed by atoms with E-state index in [2.05, 4.69) is 17.1 Å². The van der Waals surface area contributed by atoms with Gasteiger partial charge in [0.05, 0.1) is 6.54 Å². The number of anilines is 1. The monoisotopic (exact) mass is 161 g/mol. The number of benzene rings is 1. The summed E-state index contributed by atoms with van der Waals surface area (Å²) >= 11 is 0. The van der Waals surface area contributed by atoms with Crippen LogP contribution in [0.3, 0.4) is 0 Å². The fourth-order valence-electron chi connectivity index (χ4n) is 1.37. The van der Waals surface area contributed by atoms with Crippen LogP contribution in [0, 0.1) is 0 Å². The average Bonchev–Trinajstić information content (AvgIpc) is 2.12. The molecule has 0 amide bonds. The van der Waals surface area contributed by atoms with E-state index < -0.39 is 0 Å². The molecule has 0 bridgehead atoms. The number of fused-ring (bicyclic) bond motifs is 1. The van der Waals surface area contributed by atoms with Crippen LogP contribution < -0.4 is 10.6 Å². The van der Waals surface area contributed by atoms with Gasteiger partial charge < -0.3 is 10.6 Å². The molecule has 1 heterocycles. The highest BCUT2D eigenvalue weighted by atomic mass is 15.2. The minimum Gasteiger partial charge on any atom is -0.370 e. The standard InChI is InChI=1S/C9H11N3/c1-12-8-5-3-2-4-7(8)6-11-9(12)10/h2-5H,6H2,1H3,(H2,10,11). The number of nitrogens with zero attached hydrogens (tertiary/aromatic N) is 2. The maximum Gasteiger partial charge on any atom is 0.195 e. The number of hydrogen-bond donors (Lipinski definition) is 1. The molecule has 0 spiro atoms. The van der Waals surface area contributed by atoms with E-state index in [0.29, 0.717) is 12.5 Å². The predicted octanol–water partition coefficient (Wildman–Crippen LogP) is 0.951. The van der Waals surface area contributed by atoms with E-state index in [1.165, 1.54) is 5.56 Å². The van der Waals surface area contributed by atoms with Crippen LogP contribution in [0.2, 0.25) is 0 Å². The number of aliphatic imine (C=N–C) groups is 1. The van der Waals surface area contributed by atoms with Crippen LogP contribution in [0.1, 0.15) is 5.56 Å². The molecule has 12 heavy (non-hydrogen) atoms. The normalized spacial score (nSPS) is 15.4. The quantitative estimate of drug-likeness (QED) is 0.615. The summed E-state index contributed by atoms with van der Waals surface area (Å²) in [5, 5.41) is 0. The number of hydrogen-bond acceptors (Lipinski definition) is 3. The first kappa shape index (κ1) is 7.16. The van der Waals surface area contributed by atoms with Crippen molar-refractivity contribution in [3.8, 4) is 0 Å². The molecular formula is C9H11N3. The van der Waals surface area contributed by atoms with Crippen LogP contribution >= 0.6 is 0 Å². The zero-order valence-corrected chi connectivity index (χ0v) is 6.99. The van der Waals surface area contributed by atoms with Gasteiger partial charge in [-0.2, -0.15) is 0 Å². The third-order valence-electron chi connectivity index (χ3n) is 2.11. The molecule has 1 aromatic carbocycles. The Balaban J connectivity index is 2.49. The summed E-state index contributed by atoms with van der Waals surface area (Å²) in [5.74, 6) is 0.591. The van der Waals surface area contributed by atoms with E-state index in [-0.39, 0.29) is 0 Å². The lowest BCUT2D eigenvalue weighted by Crippen LogP contribution is -2.36. The number of para-hydroxylation sites is 1. The van der Waals surface area contributed by atoms with Gasteiger partial charge in [0, 0.05) is 12.7 Å². The molecule has 62 valence electrons. The van der Waals surface area contributed by atoms with E-state index in [1.54, 1.807) is 0 Å². The van der Waals surface area contributed by atoms with Crippen molar-refractivity contribution < 1.29 is 0 Å². The van der Waals surface area contributed by atoms with Crippen LogP contribution in [0.15, 0.2) is 29.3 Å². The Morgan fingerprint density at radius 2 is 2.17 bits per heavy atom. The Hall–Kier alpha value is -1.51. The van der Waals surface area contributed by atoms with E-state index in [4.69, 9.17) is 5.73 Å². The second-order valence-corrected chi connectivity index (χ2v) is 2.86. The van der Waals surface area contributed by atoms with Crippen molar-refractivity contribution in [3.63, 3.8) is 0 Å². The van der Waals surface area contributed by atoms with E-state index in [0.717, 1.165) is 5.69 Å². The smallest absolute Gasteiger partial charge is 0.195 e. The average molecular weight is 161 g/mol. The Bertz CT molecular complexity index is 330. The van der Waals surface area contributed by atoms with Crippen molar-refractivity contribution in [3.05, 3.63) is 29.8 Å². The van der Waals surface area contributed by atoms with Crippen molar-refractivity contribution in [2.24, 2.45) is 10.7 Å². The molecule has 0 unspecified atom stereocenters. The molecule has 2 rings (SSSR count). The molecule has 0 aliphatic carbocycles. The van der Waals surface area contributed by atoms with Gasteiger partial charge in [-0.05, 0) is 11.6 Å². The highest BCUT2D eigenvalue weighted by molar-refractivity contribution is 5.96. The zero-order chi connectivity index (χ0) is 8.55. The van der Waals surface area contributed by atoms with Gasteiger partial charge in [-0.3, -0.25) is 0 Å². The molecular weight excluding hydrogens is 150 g/mol. The third-order valence-corrected chi connectivity index (χ3v) is 2.11. The summed E-state index contributed by atoms with van der Waals surface area (Å²) in [6.07, 6.45) is 0. The van der Waals surface area contributed by atoms with Gasteiger partial charge in [-0.25, -0.2) is 4.99 Å². The summed E-state index contributed by atoms with van der Waals surface area (Å²) in [6.45, 7) is 0.701. The van der Waals surface area contributed by atoms with Gasteiger partial charge in [0.1, 0.15) is 0 Å². The minimum atomic E-state index is 0.591. The number of nitrogens with two attached hydrogens (primary N) is 1. The molecule has 1 aliphatic heterocycles. The Morgan fingerprint density at radius 3 is 3.00 bits per heavy atom. The van der Waals surface area contributed by atoms with Crippen molar-refractivity contribution in [1.29, 1.82) is 0 Å². The van der Waals surface area contributed by atoms with Crippen molar-refractivity contribution in [1.82, 2.24) is 0 Å². The molecule has 0 saturated heterocycles. The van der Waals surface area contributed by atoms with Crippen LogP contribution in [0.5, 0.6) is 0 Å². The maximum absolute atomic E-state index is 5.67. The van der Waals surface area contributed by atoms with Gasteiger partial charge in [0.25, 0.3) is 0 Å². The molecule has 2 N–H and O–H groups in total. The first-order valence-corrected chi connectivity index (χ1v) is 3.90. The van der Waals surface area contributed by atoms with Gasteiger partial charge in [0.15, 0.2) is 5.96 Å². The first-order chi connectivity index (χ1) is 5.79. The lowest BCUT2D eigenvalue weighted by Gasteiger charge is -2.24. The molecule has 0 radical (unpaired) electrons. The Kier molecular flexibility index (Phi) is 1.50. The topological polar surface area (TPSA) is 41.6 Å². The van der Waals surface area contributed by atoms with Crippen molar-refractivity contribution in [2.75, 3.05) is 11.9 Å². The maximum atomic E-state index is 5.67. The predicted molar refractivity (Wildman–Crippen MR) is 50.2 cm³/mol. The van der Waals surface area contributed by atoms with Crippen LogP contribution in [-0.4, -0.2) is 13.0 Å². The highest BCUT2D eigenvalue weighted by Crippen LogP contribution is 2.22. The van der Waals surface area contributed by atoms with Crippen LogP contribution in [0.25, 0.3) is 0 Å². The number of guanidine groups is 1. The zero-order valence-electron chi connectivity index (χ0n) is 6.99. The SMILES string of the molecule is CN1C(N)=NCc2ccccc21. The minimum absolute atomic E-state index is 0.591. The fourth-order valence-corrected chi connectivity index (χ4v) is 1.37. The van der Waals surface area contributed by atoms with Gasteiger partial charge in [0.2, 0.25) is 0 Å². The largest absolute Gasteiger partial charge is 0.370 e. The van der Waals surface area contributed by atoms with Crippen molar-refractivity contribution in [2.45, 2.75) is 6.54 Å². The van der Waals surface area contributed by atoms with E-state index >= 15 is 0 Å². The van der Waals surface area contributed by atoms with Crippen molar-refractivity contribution >= 4 is 11.6 Å². The molecule has 0 saturated carbocycles. The summed E-state index contributed by atoms with van der Waals surface area (Å²) in [5.41, 5.74) is 8.06. The van der Waals surface area contributed by atoms with E-state index in [1.807, 2.05) is 24.1 Å². The van der Waals surface area contributed by atoms with Crippen LogP contribution in [0.4, 0.5) is 5.69 Å². The van der Waals surface area contributed by atoms with Gasteiger partial charge in [-0.15, -0.1) is 0 Å². The van der Waals surface area contributed by atoms with E-state index in [9.17, 15) is 0 Å². The van der Waals surface area contributed by atoms with Crippen LogP contribution in [-0.2, 0) is 6.54 Å². The second-order valence-electron chi connectivity index (χ2n) is 2.86. The summed E-state index contributed by atoms with van der Waals surface area (Å²) in [4.78, 5) is 6.07. The molecule has 0 fully saturated rings. The Labute approximate surface area is 71.5 Å². The lowest BCUT2D eigenvalue weighted by atomic mass is 10.1. The summed E-state index contributed by atoms with van der Waals surface area (Å²) in [6, 6.07) is 8.15. The molecule has 0 atom stereocenters. The van der Waals surface area contributed by atoms with Gasteiger partial charge >= 0.3 is 0 Å². The molecule has 0 aromatic heterocycles. The Morgan fingerprint density at radius 1 is 1.42 bits per heavy atom.